The number of benzene rings is 2. The standard InChI is InChI=1S/C24H22Cl2N4O4/c1-12(31)29-11-16(14-4-2-3-5-19(14)29)22(32)20-9-7-15-21(24(34)27-23(15)33)30(20)28-18-8-6-13(25)10-17(18)26/h2-10,15-16,20-22,28,32H,11H2,1H3,(H,27,33,34). The molecule has 5 atom stereocenters. The quantitative estimate of drug-likeness (QED) is 0.440. The van der Waals surface area contributed by atoms with Crippen molar-refractivity contribution in [3.05, 3.63) is 70.2 Å². The van der Waals surface area contributed by atoms with E-state index in [1.54, 1.807) is 40.3 Å². The van der Waals surface area contributed by atoms with Gasteiger partial charge < -0.3 is 15.4 Å². The fraction of sp³-hybridized carbons (Fsp3) is 0.292. The molecule has 10 heteroatoms. The molecular formula is C24H22Cl2N4O4. The van der Waals surface area contributed by atoms with Crippen molar-refractivity contribution in [1.82, 2.24) is 10.3 Å². The number of nitrogens with zero attached hydrogens (tertiary/aromatic N) is 2. The average Bonchev–Trinajstić information content (AvgIpc) is 3.33. The Morgan fingerprint density at radius 1 is 1.15 bits per heavy atom. The first-order chi connectivity index (χ1) is 16.3. The van der Waals surface area contributed by atoms with Crippen molar-refractivity contribution >= 4 is 52.3 Å². The number of imide groups is 1. The highest BCUT2D eigenvalue weighted by molar-refractivity contribution is 6.36. The first-order valence-corrected chi connectivity index (χ1v) is 11.6. The molecule has 0 saturated carbocycles. The zero-order chi connectivity index (χ0) is 24.1. The molecule has 3 amide bonds. The third kappa shape index (κ3) is 3.76. The molecule has 3 heterocycles. The number of amides is 3. The highest BCUT2D eigenvalue weighted by Gasteiger charge is 2.51. The molecule has 5 unspecified atom stereocenters. The topological polar surface area (TPSA) is 102 Å². The van der Waals surface area contributed by atoms with Crippen molar-refractivity contribution in [3.8, 4) is 0 Å². The lowest BCUT2D eigenvalue weighted by molar-refractivity contribution is -0.126. The van der Waals surface area contributed by atoms with Gasteiger partial charge in [-0.2, -0.15) is 0 Å². The number of anilines is 2. The van der Waals surface area contributed by atoms with Crippen LogP contribution in [0.15, 0.2) is 54.6 Å². The van der Waals surface area contributed by atoms with Crippen molar-refractivity contribution in [2.45, 2.75) is 31.0 Å². The first-order valence-electron chi connectivity index (χ1n) is 10.8. The minimum absolute atomic E-state index is 0.120. The van der Waals surface area contributed by atoms with Gasteiger partial charge in [-0.05, 0) is 29.8 Å². The van der Waals surface area contributed by atoms with Crippen LogP contribution in [-0.4, -0.2) is 52.6 Å². The highest BCUT2D eigenvalue weighted by Crippen LogP contribution is 2.41. The van der Waals surface area contributed by atoms with Gasteiger partial charge in [-0.25, -0.2) is 5.01 Å². The molecule has 0 aliphatic carbocycles. The summed E-state index contributed by atoms with van der Waals surface area (Å²) in [6.45, 7) is 1.79. The van der Waals surface area contributed by atoms with Gasteiger partial charge in [0.1, 0.15) is 6.04 Å². The van der Waals surface area contributed by atoms with Gasteiger partial charge in [0.15, 0.2) is 0 Å². The van der Waals surface area contributed by atoms with Gasteiger partial charge in [-0.1, -0.05) is 53.6 Å². The first kappa shape index (κ1) is 22.9. The van der Waals surface area contributed by atoms with E-state index in [9.17, 15) is 19.5 Å². The van der Waals surface area contributed by atoms with E-state index in [1.807, 2.05) is 24.3 Å². The Bertz CT molecular complexity index is 1220. The number of carbonyl (C=O) groups excluding carboxylic acids is 3. The Labute approximate surface area is 206 Å². The molecule has 3 aliphatic rings. The fourth-order valence-corrected chi connectivity index (χ4v) is 5.45. The van der Waals surface area contributed by atoms with Crippen LogP contribution in [0.4, 0.5) is 11.4 Å². The second-order valence-corrected chi connectivity index (χ2v) is 9.47. The Morgan fingerprint density at radius 2 is 1.91 bits per heavy atom. The molecule has 0 spiro atoms. The van der Waals surface area contributed by atoms with Crippen molar-refractivity contribution in [3.63, 3.8) is 0 Å². The minimum Gasteiger partial charge on any atom is -0.390 e. The van der Waals surface area contributed by atoms with E-state index in [4.69, 9.17) is 23.2 Å². The molecule has 1 fully saturated rings. The molecule has 0 bridgehead atoms. The summed E-state index contributed by atoms with van der Waals surface area (Å²) in [5.41, 5.74) is 5.22. The number of hydrogen-bond acceptors (Lipinski definition) is 6. The number of fused-ring (bicyclic) bond motifs is 2. The van der Waals surface area contributed by atoms with E-state index in [2.05, 4.69) is 10.7 Å². The van der Waals surface area contributed by atoms with Crippen LogP contribution in [0.1, 0.15) is 18.4 Å². The molecule has 1 saturated heterocycles. The van der Waals surface area contributed by atoms with Crippen LogP contribution in [0.25, 0.3) is 0 Å². The van der Waals surface area contributed by atoms with Gasteiger partial charge in [0.25, 0.3) is 0 Å². The number of halogens is 2. The number of carbonyl (C=O) groups is 3. The van der Waals surface area contributed by atoms with Crippen LogP contribution in [0.5, 0.6) is 0 Å². The second-order valence-electron chi connectivity index (χ2n) is 8.63. The predicted octanol–water partition coefficient (Wildman–Crippen LogP) is 2.71. The molecule has 3 aliphatic heterocycles. The zero-order valence-electron chi connectivity index (χ0n) is 18.1. The molecule has 3 N–H and O–H groups in total. The molecule has 2 aromatic rings. The number of hydrazine groups is 1. The molecule has 0 aromatic heterocycles. The van der Waals surface area contributed by atoms with Gasteiger partial charge in [0.05, 0.1) is 28.8 Å². The lowest BCUT2D eigenvalue weighted by atomic mass is 9.86. The molecule has 8 nitrogen and oxygen atoms in total. The number of rotatable bonds is 4. The molecule has 5 rings (SSSR count). The summed E-state index contributed by atoms with van der Waals surface area (Å²) < 4.78 is 0. The largest absolute Gasteiger partial charge is 0.390 e. The summed E-state index contributed by atoms with van der Waals surface area (Å²) in [5.74, 6) is -2.10. The van der Waals surface area contributed by atoms with Crippen LogP contribution in [-0.2, 0) is 14.4 Å². The number of para-hydroxylation sites is 1. The van der Waals surface area contributed by atoms with Crippen molar-refractivity contribution in [2.75, 3.05) is 16.9 Å². The maximum absolute atomic E-state index is 12.8. The maximum Gasteiger partial charge on any atom is 0.246 e. The third-order valence-electron chi connectivity index (χ3n) is 6.62. The van der Waals surface area contributed by atoms with Crippen LogP contribution in [0.3, 0.4) is 0 Å². The average molecular weight is 501 g/mol. The van der Waals surface area contributed by atoms with Crippen LogP contribution in [0, 0.1) is 5.92 Å². The summed E-state index contributed by atoms with van der Waals surface area (Å²) in [6, 6.07) is 10.7. The molecular weight excluding hydrogens is 479 g/mol. The Balaban J connectivity index is 1.53. The Kier molecular flexibility index (Phi) is 5.85. The van der Waals surface area contributed by atoms with Crippen molar-refractivity contribution < 1.29 is 19.5 Å². The van der Waals surface area contributed by atoms with Crippen molar-refractivity contribution in [1.29, 1.82) is 0 Å². The number of hydrogen-bond donors (Lipinski definition) is 3. The smallest absolute Gasteiger partial charge is 0.246 e. The van der Waals surface area contributed by atoms with E-state index in [0.717, 1.165) is 11.3 Å². The van der Waals surface area contributed by atoms with Gasteiger partial charge in [-0.15, -0.1) is 0 Å². The lowest BCUT2D eigenvalue weighted by Gasteiger charge is -2.42. The van der Waals surface area contributed by atoms with Gasteiger partial charge >= 0.3 is 0 Å². The minimum atomic E-state index is -1.01. The van der Waals surface area contributed by atoms with E-state index >= 15 is 0 Å². The monoisotopic (exact) mass is 500 g/mol. The molecule has 2 aromatic carbocycles. The SMILES string of the molecule is CC(=O)N1CC(C(O)C2C=CC3C(=O)NC(=O)C3N2Nc2ccc(Cl)cc2Cl)c2ccccc21. The number of aliphatic hydroxyl groups is 1. The Morgan fingerprint density at radius 3 is 2.65 bits per heavy atom. The summed E-state index contributed by atoms with van der Waals surface area (Å²) in [5, 5.41) is 16.3. The molecule has 176 valence electrons. The summed E-state index contributed by atoms with van der Waals surface area (Å²) >= 11 is 12.4. The number of aliphatic hydroxyl groups excluding tert-OH is 1. The molecule has 34 heavy (non-hydrogen) atoms. The second kappa shape index (κ2) is 8.70. The van der Waals surface area contributed by atoms with Gasteiger partial charge in [-0.3, -0.25) is 19.7 Å². The van der Waals surface area contributed by atoms with E-state index in [-0.39, 0.29) is 5.91 Å². The Hall–Kier alpha value is -2.91. The van der Waals surface area contributed by atoms with E-state index in [0.29, 0.717) is 22.3 Å². The van der Waals surface area contributed by atoms with Crippen LogP contribution in [0.2, 0.25) is 10.0 Å². The van der Waals surface area contributed by atoms with E-state index < -0.39 is 41.8 Å². The normalized spacial score (nSPS) is 26.8. The maximum atomic E-state index is 12.8. The third-order valence-corrected chi connectivity index (χ3v) is 7.17. The van der Waals surface area contributed by atoms with Crippen LogP contribution >= 0.6 is 23.2 Å². The van der Waals surface area contributed by atoms with Crippen LogP contribution < -0.4 is 15.6 Å². The van der Waals surface area contributed by atoms with E-state index in [1.165, 1.54) is 6.92 Å². The summed E-state index contributed by atoms with van der Waals surface area (Å²) in [4.78, 5) is 39.0. The molecule has 0 radical (unpaired) electrons. The summed E-state index contributed by atoms with van der Waals surface area (Å²) in [7, 11) is 0. The van der Waals surface area contributed by atoms with Gasteiger partial charge in [0.2, 0.25) is 17.7 Å². The van der Waals surface area contributed by atoms with Gasteiger partial charge in [0, 0.05) is 30.1 Å². The predicted molar refractivity (Wildman–Crippen MR) is 128 cm³/mol. The number of nitrogens with one attached hydrogen (secondary N) is 2. The lowest BCUT2D eigenvalue weighted by Crippen LogP contribution is -2.58. The zero-order valence-corrected chi connectivity index (χ0v) is 19.6. The fourth-order valence-electron chi connectivity index (χ4n) is 5.00. The highest BCUT2D eigenvalue weighted by atomic mass is 35.5. The van der Waals surface area contributed by atoms with Crippen molar-refractivity contribution in [2.24, 2.45) is 5.92 Å². The summed E-state index contributed by atoms with van der Waals surface area (Å²) in [6.07, 6.45) is 2.37.